The Hall–Kier alpha value is -0.253. The lowest BCUT2D eigenvalue weighted by Crippen LogP contribution is -2.43. The molecule has 0 N–H and O–H groups in total. The highest BCUT2D eigenvalue weighted by molar-refractivity contribution is 6.60. The molecule has 0 unspecified atom stereocenters. The first-order chi connectivity index (χ1) is 7.86. The summed E-state index contributed by atoms with van der Waals surface area (Å²) in [6.45, 7) is -4.30. The Morgan fingerprint density at radius 3 is 1.29 bits per heavy atom. The van der Waals surface area contributed by atoms with E-state index in [2.05, 4.69) is 0 Å². The van der Waals surface area contributed by atoms with Gasteiger partial charge in [0.2, 0.25) is 0 Å². The summed E-state index contributed by atoms with van der Waals surface area (Å²) >= 11 is 0. The fraction of sp³-hybridized carbons (Fsp3) is 1.00. The van der Waals surface area contributed by atoms with E-state index in [4.69, 9.17) is 13.3 Å². The zero-order chi connectivity index (χ0) is 13.9. The van der Waals surface area contributed by atoms with Gasteiger partial charge in [0.15, 0.2) is 13.3 Å². The summed E-state index contributed by atoms with van der Waals surface area (Å²) in [5.74, 6) is -3.75. The third-order valence-corrected chi connectivity index (χ3v) is 4.39. The first-order valence-electron chi connectivity index (χ1n) is 4.58. The second-order valence-electron chi connectivity index (χ2n) is 2.86. The highest BCUT2D eigenvalue weighted by Gasteiger charge is 2.37. The van der Waals surface area contributed by atoms with E-state index >= 15 is 0 Å². The van der Waals surface area contributed by atoms with E-state index in [0.29, 0.717) is 0 Å². The minimum absolute atomic E-state index is 0.219. The predicted octanol–water partition coefficient (Wildman–Crippen LogP) is 2.39. The SMILES string of the molecule is CO[Si](CCF)(OC)OC.FCC(F)(F)CF. The lowest BCUT2D eigenvalue weighted by Gasteiger charge is -2.22. The van der Waals surface area contributed by atoms with Gasteiger partial charge in [-0.15, -0.1) is 0 Å². The minimum atomic E-state index is -3.75. The molecule has 0 bridgehead atoms. The van der Waals surface area contributed by atoms with Gasteiger partial charge in [0, 0.05) is 27.4 Å². The molecule has 0 aromatic rings. The number of halogens is 5. The zero-order valence-electron chi connectivity index (χ0n) is 9.94. The van der Waals surface area contributed by atoms with Crippen LogP contribution in [-0.2, 0) is 13.3 Å². The Balaban J connectivity index is 0. The van der Waals surface area contributed by atoms with Crippen molar-refractivity contribution < 1.29 is 35.2 Å². The van der Waals surface area contributed by atoms with Crippen LogP contribution in [0.4, 0.5) is 22.0 Å². The molecular formula is C8H17F5O3Si. The van der Waals surface area contributed by atoms with Gasteiger partial charge >= 0.3 is 14.7 Å². The average Bonchev–Trinajstić information content (AvgIpc) is 2.37. The Morgan fingerprint density at radius 1 is 0.882 bits per heavy atom. The summed E-state index contributed by atoms with van der Waals surface area (Å²) in [6, 6.07) is 0.219. The van der Waals surface area contributed by atoms with Crippen LogP contribution in [0.2, 0.25) is 6.04 Å². The molecule has 0 aliphatic carbocycles. The third kappa shape index (κ3) is 8.47. The number of hydrogen-bond acceptors (Lipinski definition) is 3. The van der Waals surface area contributed by atoms with Gasteiger partial charge in [-0.05, 0) is 0 Å². The van der Waals surface area contributed by atoms with Gasteiger partial charge in [-0.25, -0.2) is 17.6 Å². The predicted molar refractivity (Wildman–Crippen MR) is 54.5 cm³/mol. The smallest absolute Gasteiger partial charge is 0.377 e. The fourth-order valence-corrected chi connectivity index (χ4v) is 2.05. The van der Waals surface area contributed by atoms with E-state index in [1.54, 1.807) is 0 Å². The van der Waals surface area contributed by atoms with E-state index in [0.717, 1.165) is 0 Å². The van der Waals surface area contributed by atoms with Crippen molar-refractivity contribution >= 4 is 8.80 Å². The van der Waals surface area contributed by atoms with Crippen molar-refractivity contribution in [1.29, 1.82) is 0 Å². The van der Waals surface area contributed by atoms with E-state index in [-0.39, 0.29) is 6.04 Å². The van der Waals surface area contributed by atoms with Crippen LogP contribution in [0.3, 0.4) is 0 Å². The summed E-state index contributed by atoms with van der Waals surface area (Å²) in [6.07, 6.45) is 0. The van der Waals surface area contributed by atoms with E-state index in [1.165, 1.54) is 21.3 Å². The molecule has 0 amide bonds. The van der Waals surface area contributed by atoms with Crippen molar-refractivity contribution in [3.8, 4) is 0 Å². The maximum absolute atomic E-state index is 11.8. The lowest BCUT2D eigenvalue weighted by molar-refractivity contribution is -0.0423. The van der Waals surface area contributed by atoms with Gasteiger partial charge in [-0.1, -0.05) is 0 Å². The van der Waals surface area contributed by atoms with Gasteiger partial charge in [0.1, 0.15) is 0 Å². The maximum atomic E-state index is 11.8. The van der Waals surface area contributed by atoms with Crippen LogP contribution in [0, 0.1) is 0 Å². The van der Waals surface area contributed by atoms with Crippen LogP contribution < -0.4 is 0 Å². The molecule has 0 spiro atoms. The molecule has 0 fully saturated rings. The monoisotopic (exact) mass is 284 g/mol. The summed E-state index contributed by atoms with van der Waals surface area (Å²) in [5, 5.41) is 0. The molecule has 0 atom stereocenters. The summed E-state index contributed by atoms with van der Waals surface area (Å²) in [7, 11) is 1.81. The third-order valence-electron chi connectivity index (χ3n) is 1.72. The summed E-state index contributed by atoms with van der Waals surface area (Å²) < 4.78 is 70.5. The summed E-state index contributed by atoms with van der Waals surface area (Å²) in [5.41, 5.74) is 0. The average molecular weight is 284 g/mol. The molecule has 0 radical (unpaired) electrons. The molecule has 0 saturated heterocycles. The van der Waals surface area contributed by atoms with E-state index in [1.807, 2.05) is 0 Å². The molecule has 0 aliphatic heterocycles. The van der Waals surface area contributed by atoms with Crippen molar-refractivity contribution in [2.45, 2.75) is 12.0 Å². The van der Waals surface area contributed by atoms with Gasteiger partial charge in [0.05, 0.1) is 6.67 Å². The van der Waals surface area contributed by atoms with Crippen molar-refractivity contribution in [3.63, 3.8) is 0 Å². The largest absolute Gasteiger partial charge is 0.502 e. The standard InChI is InChI=1S/C5H13FO3Si.C3H4F4/c1-7-10(8-2,9-3)5-4-6;4-1-3(6,7)2-5/h4-5H2,1-3H3;1-2H2. The second-order valence-corrected chi connectivity index (χ2v) is 5.95. The minimum Gasteiger partial charge on any atom is -0.377 e. The van der Waals surface area contributed by atoms with Crippen LogP contribution in [-0.4, -0.2) is 56.1 Å². The first-order valence-corrected chi connectivity index (χ1v) is 6.51. The van der Waals surface area contributed by atoms with Crippen molar-refractivity contribution in [3.05, 3.63) is 0 Å². The van der Waals surface area contributed by atoms with Crippen LogP contribution in [0.1, 0.15) is 0 Å². The molecule has 0 aromatic carbocycles. The molecule has 106 valence electrons. The Morgan fingerprint density at radius 2 is 1.24 bits per heavy atom. The van der Waals surface area contributed by atoms with Crippen molar-refractivity contribution in [1.82, 2.24) is 0 Å². The molecule has 0 aromatic heterocycles. The quantitative estimate of drug-likeness (QED) is 0.531. The van der Waals surface area contributed by atoms with Crippen LogP contribution in [0.25, 0.3) is 0 Å². The Kier molecular flexibility index (Phi) is 10.9. The highest BCUT2D eigenvalue weighted by atomic mass is 28.4. The first kappa shape index (κ1) is 19.1. The van der Waals surface area contributed by atoms with Gasteiger partial charge in [-0.3, -0.25) is 4.39 Å². The zero-order valence-corrected chi connectivity index (χ0v) is 10.9. The normalized spacial score (nSPS) is 12.0. The van der Waals surface area contributed by atoms with Gasteiger partial charge in [0.25, 0.3) is 0 Å². The molecule has 0 aliphatic rings. The molecule has 0 rings (SSSR count). The highest BCUT2D eigenvalue weighted by Crippen LogP contribution is 2.13. The maximum Gasteiger partial charge on any atom is 0.502 e. The topological polar surface area (TPSA) is 27.7 Å². The molecule has 9 heteroatoms. The van der Waals surface area contributed by atoms with Gasteiger partial charge < -0.3 is 13.3 Å². The Bertz CT molecular complexity index is 166. The van der Waals surface area contributed by atoms with E-state index in [9.17, 15) is 22.0 Å². The second kappa shape index (κ2) is 9.74. The van der Waals surface area contributed by atoms with Crippen molar-refractivity contribution in [2.24, 2.45) is 0 Å². The van der Waals surface area contributed by atoms with Gasteiger partial charge in [-0.2, -0.15) is 0 Å². The fourth-order valence-electron chi connectivity index (χ4n) is 0.708. The molecule has 0 saturated carbocycles. The van der Waals surface area contributed by atoms with Crippen LogP contribution in [0.15, 0.2) is 0 Å². The molecule has 17 heavy (non-hydrogen) atoms. The number of rotatable bonds is 7. The van der Waals surface area contributed by atoms with Crippen LogP contribution >= 0.6 is 0 Å². The lowest BCUT2D eigenvalue weighted by atomic mass is 10.4. The number of hydrogen-bond donors (Lipinski definition) is 0. The van der Waals surface area contributed by atoms with Crippen molar-refractivity contribution in [2.75, 3.05) is 41.4 Å². The van der Waals surface area contributed by atoms with E-state index < -0.39 is 34.8 Å². The van der Waals surface area contributed by atoms with Crippen LogP contribution in [0.5, 0.6) is 0 Å². The molecule has 0 heterocycles. The Labute approximate surface area is 98.2 Å². The molecular weight excluding hydrogens is 267 g/mol. The number of alkyl halides is 5. The molecule has 3 nitrogen and oxygen atoms in total. The summed E-state index contributed by atoms with van der Waals surface area (Å²) in [4.78, 5) is 0.